The Morgan fingerprint density at radius 2 is 1.95 bits per heavy atom. The fourth-order valence-electron chi connectivity index (χ4n) is 1.42. The number of benzene rings is 1. The first-order chi connectivity index (χ1) is 9.29. The molecule has 100 valence electrons. The number of nitrogens with zero attached hydrogens (tertiary/aromatic N) is 2. The van der Waals surface area contributed by atoms with E-state index in [1.807, 2.05) is 0 Å². The third-order valence-corrected chi connectivity index (χ3v) is 2.36. The largest absolute Gasteiger partial charge is 0.451 e. The van der Waals surface area contributed by atoms with E-state index in [0.717, 1.165) is 6.42 Å². The van der Waals surface area contributed by atoms with Crippen LogP contribution in [0.5, 0.6) is 11.5 Å². The lowest BCUT2D eigenvalue weighted by Gasteiger charge is -2.07. The number of halogens is 1. The molecule has 0 amide bonds. The SMILES string of the molecule is NCCCNc1ncc(Oc2ccccc2F)cn1. The lowest BCUT2D eigenvalue weighted by molar-refractivity contribution is 0.439. The van der Waals surface area contributed by atoms with E-state index in [1.54, 1.807) is 18.2 Å². The van der Waals surface area contributed by atoms with Gasteiger partial charge in [0.2, 0.25) is 5.95 Å². The Hall–Kier alpha value is -2.21. The first-order valence-electron chi connectivity index (χ1n) is 5.98. The molecule has 0 fully saturated rings. The first kappa shape index (κ1) is 13.2. The van der Waals surface area contributed by atoms with Gasteiger partial charge in [-0.15, -0.1) is 0 Å². The van der Waals surface area contributed by atoms with Crippen LogP contribution >= 0.6 is 0 Å². The van der Waals surface area contributed by atoms with Crippen LogP contribution in [0.4, 0.5) is 10.3 Å². The lowest BCUT2D eigenvalue weighted by atomic mass is 10.3. The summed E-state index contributed by atoms with van der Waals surface area (Å²) >= 11 is 0. The summed E-state index contributed by atoms with van der Waals surface area (Å²) in [6.07, 6.45) is 3.82. The van der Waals surface area contributed by atoms with E-state index in [2.05, 4.69) is 15.3 Å². The average molecular weight is 262 g/mol. The van der Waals surface area contributed by atoms with E-state index < -0.39 is 5.82 Å². The molecule has 0 saturated heterocycles. The van der Waals surface area contributed by atoms with Crippen molar-refractivity contribution in [3.05, 3.63) is 42.5 Å². The molecule has 0 aliphatic rings. The highest BCUT2D eigenvalue weighted by molar-refractivity contribution is 5.32. The van der Waals surface area contributed by atoms with E-state index in [9.17, 15) is 4.39 Å². The van der Waals surface area contributed by atoms with Gasteiger partial charge in [-0.05, 0) is 25.1 Å². The van der Waals surface area contributed by atoms with Crippen molar-refractivity contribution in [2.24, 2.45) is 5.73 Å². The monoisotopic (exact) mass is 262 g/mol. The first-order valence-corrected chi connectivity index (χ1v) is 5.98. The number of para-hydroxylation sites is 1. The van der Waals surface area contributed by atoms with Crippen LogP contribution in [0.3, 0.4) is 0 Å². The highest BCUT2D eigenvalue weighted by Crippen LogP contribution is 2.22. The molecule has 5 nitrogen and oxygen atoms in total. The molecule has 0 saturated carbocycles. The molecule has 6 heteroatoms. The van der Waals surface area contributed by atoms with E-state index in [0.29, 0.717) is 24.8 Å². The zero-order valence-corrected chi connectivity index (χ0v) is 10.3. The van der Waals surface area contributed by atoms with Gasteiger partial charge in [-0.25, -0.2) is 14.4 Å². The van der Waals surface area contributed by atoms with Gasteiger partial charge < -0.3 is 15.8 Å². The summed E-state index contributed by atoms with van der Waals surface area (Å²) in [6, 6.07) is 6.17. The molecule has 1 heterocycles. The summed E-state index contributed by atoms with van der Waals surface area (Å²) in [6.45, 7) is 1.32. The normalized spacial score (nSPS) is 10.2. The van der Waals surface area contributed by atoms with Gasteiger partial charge >= 0.3 is 0 Å². The van der Waals surface area contributed by atoms with Gasteiger partial charge in [-0.3, -0.25) is 0 Å². The summed E-state index contributed by atoms with van der Waals surface area (Å²) in [5.41, 5.74) is 5.38. The summed E-state index contributed by atoms with van der Waals surface area (Å²) in [5.74, 6) is 0.603. The number of ether oxygens (including phenoxy) is 1. The molecule has 0 spiro atoms. The van der Waals surface area contributed by atoms with E-state index in [1.165, 1.54) is 18.5 Å². The van der Waals surface area contributed by atoms with Crippen LogP contribution < -0.4 is 15.8 Å². The van der Waals surface area contributed by atoms with Gasteiger partial charge in [0, 0.05) is 6.54 Å². The van der Waals surface area contributed by atoms with Gasteiger partial charge in [0.05, 0.1) is 12.4 Å². The fourth-order valence-corrected chi connectivity index (χ4v) is 1.42. The van der Waals surface area contributed by atoms with Crippen molar-refractivity contribution in [2.75, 3.05) is 18.4 Å². The molecule has 0 radical (unpaired) electrons. The maximum atomic E-state index is 13.4. The number of rotatable bonds is 6. The Bertz CT molecular complexity index is 518. The van der Waals surface area contributed by atoms with Crippen LogP contribution in [-0.2, 0) is 0 Å². The number of nitrogens with two attached hydrogens (primary N) is 1. The van der Waals surface area contributed by atoms with Crippen molar-refractivity contribution >= 4 is 5.95 Å². The Morgan fingerprint density at radius 1 is 1.21 bits per heavy atom. The van der Waals surface area contributed by atoms with Crippen molar-refractivity contribution in [3.8, 4) is 11.5 Å². The minimum absolute atomic E-state index is 0.148. The average Bonchev–Trinajstić information content (AvgIpc) is 2.44. The topological polar surface area (TPSA) is 73.1 Å². The Kier molecular flexibility index (Phi) is 4.63. The number of aromatic nitrogens is 2. The predicted molar refractivity (Wildman–Crippen MR) is 70.7 cm³/mol. The van der Waals surface area contributed by atoms with Gasteiger partial charge in [-0.1, -0.05) is 12.1 Å². The third kappa shape index (κ3) is 3.89. The van der Waals surface area contributed by atoms with Crippen LogP contribution in [0.2, 0.25) is 0 Å². The van der Waals surface area contributed by atoms with Crippen LogP contribution in [0.25, 0.3) is 0 Å². The number of nitrogens with one attached hydrogen (secondary N) is 1. The second-order valence-corrected chi connectivity index (χ2v) is 3.84. The molecule has 0 atom stereocenters. The van der Waals surface area contributed by atoms with Gasteiger partial charge in [0.1, 0.15) is 0 Å². The molecule has 2 rings (SSSR count). The van der Waals surface area contributed by atoms with Crippen LogP contribution in [-0.4, -0.2) is 23.1 Å². The third-order valence-electron chi connectivity index (χ3n) is 2.36. The fraction of sp³-hybridized carbons (Fsp3) is 0.231. The van der Waals surface area contributed by atoms with Crippen LogP contribution in [0, 0.1) is 5.82 Å². The molecular weight excluding hydrogens is 247 g/mol. The van der Waals surface area contributed by atoms with Gasteiger partial charge in [-0.2, -0.15) is 0 Å². The minimum atomic E-state index is -0.423. The predicted octanol–water partition coefficient (Wildman–Crippen LogP) is 2.17. The molecule has 2 aromatic rings. The van der Waals surface area contributed by atoms with Gasteiger partial charge in [0.25, 0.3) is 0 Å². The van der Waals surface area contributed by atoms with Crippen LogP contribution in [0.15, 0.2) is 36.7 Å². The number of hydrogen-bond donors (Lipinski definition) is 2. The Morgan fingerprint density at radius 3 is 2.63 bits per heavy atom. The van der Waals surface area contributed by atoms with Crippen molar-refractivity contribution in [3.63, 3.8) is 0 Å². The molecule has 3 N–H and O–H groups in total. The molecule has 0 aliphatic carbocycles. The van der Waals surface area contributed by atoms with Crippen molar-refractivity contribution in [1.82, 2.24) is 9.97 Å². The lowest BCUT2D eigenvalue weighted by Crippen LogP contribution is -2.10. The highest BCUT2D eigenvalue weighted by Gasteiger charge is 2.04. The maximum absolute atomic E-state index is 13.4. The Labute approximate surface area is 110 Å². The molecule has 0 unspecified atom stereocenters. The Balaban J connectivity index is 1.97. The van der Waals surface area contributed by atoms with Gasteiger partial charge in [0.15, 0.2) is 17.3 Å². The molecule has 19 heavy (non-hydrogen) atoms. The maximum Gasteiger partial charge on any atom is 0.222 e. The second kappa shape index (κ2) is 6.65. The van der Waals surface area contributed by atoms with Crippen molar-refractivity contribution in [1.29, 1.82) is 0 Å². The van der Waals surface area contributed by atoms with Crippen molar-refractivity contribution in [2.45, 2.75) is 6.42 Å². The quantitative estimate of drug-likeness (QED) is 0.780. The molecule has 0 aliphatic heterocycles. The minimum Gasteiger partial charge on any atom is -0.451 e. The smallest absolute Gasteiger partial charge is 0.222 e. The summed E-state index contributed by atoms with van der Waals surface area (Å²) in [4.78, 5) is 8.13. The van der Waals surface area contributed by atoms with Crippen molar-refractivity contribution < 1.29 is 9.13 Å². The van der Waals surface area contributed by atoms with E-state index in [-0.39, 0.29) is 5.75 Å². The zero-order valence-electron chi connectivity index (χ0n) is 10.3. The van der Waals surface area contributed by atoms with E-state index in [4.69, 9.17) is 10.5 Å². The summed E-state index contributed by atoms with van der Waals surface area (Å²) in [5, 5.41) is 3.02. The molecule has 0 bridgehead atoms. The summed E-state index contributed by atoms with van der Waals surface area (Å²) < 4.78 is 18.7. The van der Waals surface area contributed by atoms with E-state index >= 15 is 0 Å². The second-order valence-electron chi connectivity index (χ2n) is 3.84. The standard InChI is InChI=1S/C13H15FN4O/c14-11-4-1-2-5-12(11)19-10-8-17-13(18-9-10)16-7-3-6-15/h1-2,4-5,8-9H,3,6-7,15H2,(H,16,17,18). The zero-order chi connectivity index (χ0) is 13.5. The number of anilines is 1. The highest BCUT2D eigenvalue weighted by atomic mass is 19.1. The number of hydrogen-bond acceptors (Lipinski definition) is 5. The van der Waals surface area contributed by atoms with Crippen LogP contribution in [0.1, 0.15) is 6.42 Å². The summed E-state index contributed by atoms with van der Waals surface area (Å²) in [7, 11) is 0. The molecular formula is C13H15FN4O. The molecule has 1 aromatic carbocycles. The molecule has 1 aromatic heterocycles.